The molecule has 0 spiro atoms. The highest BCUT2D eigenvalue weighted by Gasteiger charge is 2.27. The van der Waals surface area contributed by atoms with Gasteiger partial charge in [-0.15, -0.1) is 11.6 Å². The maximum atomic E-state index is 10.8. The van der Waals surface area contributed by atoms with Gasteiger partial charge in [0.2, 0.25) is 0 Å². The number of rotatable bonds is 2. The second-order valence-electron chi connectivity index (χ2n) is 5.73. The number of aryl methyl sites for hydroxylation is 1. The van der Waals surface area contributed by atoms with E-state index in [9.17, 15) is 9.59 Å². The van der Waals surface area contributed by atoms with Crippen molar-refractivity contribution < 1.29 is 14.7 Å². The van der Waals surface area contributed by atoms with Crippen LogP contribution in [0.4, 0.5) is 0 Å². The van der Waals surface area contributed by atoms with Crippen LogP contribution in [-0.2, 0) is 16.0 Å². The van der Waals surface area contributed by atoms with Crippen molar-refractivity contribution >= 4 is 23.9 Å². The zero-order valence-corrected chi connectivity index (χ0v) is 12.8. The van der Waals surface area contributed by atoms with Crippen LogP contribution in [0.2, 0.25) is 0 Å². The van der Waals surface area contributed by atoms with E-state index >= 15 is 0 Å². The molecule has 3 rings (SSSR count). The van der Waals surface area contributed by atoms with Crippen molar-refractivity contribution in [2.75, 3.05) is 0 Å². The molecule has 0 bridgehead atoms. The van der Waals surface area contributed by atoms with E-state index in [-0.39, 0.29) is 17.2 Å². The van der Waals surface area contributed by atoms with Crippen LogP contribution in [-0.4, -0.2) is 22.7 Å². The molecule has 0 amide bonds. The molecule has 0 heterocycles. The Balaban J connectivity index is 0.000000161. The summed E-state index contributed by atoms with van der Waals surface area (Å²) in [5, 5.41) is 8.98. The first kappa shape index (κ1) is 16.0. The van der Waals surface area contributed by atoms with Gasteiger partial charge in [0.05, 0.1) is 5.92 Å². The van der Waals surface area contributed by atoms with Crippen LogP contribution >= 0.6 is 11.6 Å². The van der Waals surface area contributed by atoms with Crippen molar-refractivity contribution in [3.05, 3.63) is 35.4 Å². The number of carbonyl (C=O) groups is 2. The molecule has 1 saturated carbocycles. The number of halogens is 1. The molecule has 1 N–H and O–H groups in total. The summed E-state index contributed by atoms with van der Waals surface area (Å²) in [7, 11) is 0. The smallest absolute Gasteiger partial charge is 0.310 e. The lowest BCUT2D eigenvalue weighted by Gasteiger charge is -2.21. The summed E-state index contributed by atoms with van der Waals surface area (Å²) in [6.45, 7) is 0. The molecule has 2 aliphatic rings. The van der Waals surface area contributed by atoms with E-state index in [1.165, 1.54) is 18.4 Å². The first-order chi connectivity index (χ1) is 10.1. The number of carboxylic acid groups (broad SMARTS) is 1. The van der Waals surface area contributed by atoms with Gasteiger partial charge < -0.3 is 9.90 Å². The normalized spacial score (nSPS) is 27.2. The largest absolute Gasteiger partial charge is 0.481 e. The summed E-state index contributed by atoms with van der Waals surface area (Å²) in [5.41, 5.74) is 2.20. The third-order valence-corrected chi connectivity index (χ3v) is 4.88. The van der Waals surface area contributed by atoms with E-state index in [1.54, 1.807) is 0 Å². The quantitative estimate of drug-likeness (QED) is 0.668. The number of carbonyl (C=O) groups excluding carboxylic acids is 1. The fourth-order valence-electron chi connectivity index (χ4n) is 3.08. The number of hydrogen-bond acceptors (Lipinski definition) is 2. The molecule has 3 nitrogen and oxygen atoms in total. The zero-order valence-electron chi connectivity index (χ0n) is 12.0. The van der Waals surface area contributed by atoms with Crippen LogP contribution in [0.3, 0.4) is 0 Å². The first-order valence-electron chi connectivity index (χ1n) is 7.53. The molecular formula is C17H21ClO3. The van der Waals surface area contributed by atoms with Crippen LogP contribution in [0.5, 0.6) is 0 Å². The molecular weight excluding hydrogens is 288 g/mol. The molecule has 114 valence electrons. The highest BCUT2D eigenvalue weighted by Crippen LogP contribution is 2.32. The highest BCUT2D eigenvalue weighted by molar-refractivity contribution is 6.21. The third kappa shape index (κ3) is 4.07. The minimum atomic E-state index is -0.694. The monoisotopic (exact) mass is 308 g/mol. The lowest BCUT2D eigenvalue weighted by atomic mass is 9.90. The maximum absolute atomic E-state index is 10.8. The Morgan fingerprint density at radius 2 is 1.90 bits per heavy atom. The van der Waals surface area contributed by atoms with E-state index in [0.717, 1.165) is 37.5 Å². The number of fused-ring (bicyclic) bond motifs is 1. The van der Waals surface area contributed by atoms with Gasteiger partial charge in [0.1, 0.15) is 6.29 Å². The van der Waals surface area contributed by atoms with Crippen LogP contribution < -0.4 is 0 Å². The molecule has 1 aromatic carbocycles. The minimum absolute atomic E-state index is 0.122. The predicted octanol–water partition coefficient (Wildman–Crippen LogP) is 3.78. The topological polar surface area (TPSA) is 54.4 Å². The lowest BCUT2D eigenvalue weighted by molar-refractivity contribution is -0.138. The summed E-state index contributed by atoms with van der Waals surface area (Å²) < 4.78 is 0. The molecule has 1 aromatic rings. The summed E-state index contributed by atoms with van der Waals surface area (Å²) in [4.78, 5) is 21.1. The Kier molecular flexibility index (Phi) is 5.80. The molecule has 0 saturated heterocycles. The van der Waals surface area contributed by atoms with E-state index in [2.05, 4.69) is 0 Å². The van der Waals surface area contributed by atoms with Crippen molar-refractivity contribution in [3.63, 3.8) is 0 Å². The fraction of sp³-hybridized carbons (Fsp3) is 0.529. The number of hydrogen-bond donors (Lipinski definition) is 1. The van der Waals surface area contributed by atoms with Gasteiger partial charge in [-0.3, -0.25) is 4.79 Å². The zero-order chi connectivity index (χ0) is 15.2. The molecule has 3 atom stereocenters. The summed E-state index contributed by atoms with van der Waals surface area (Å²) >= 11 is 5.85. The predicted molar refractivity (Wildman–Crippen MR) is 82.8 cm³/mol. The van der Waals surface area contributed by atoms with E-state index in [4.69, 9.17) is 16.7 Å². The van der Waals surface area contributed by atoms with Gasteiger partial charge in [-0.25, -0.2) is 0 Å². The molecule has 1 fully saturated rings. The van der Waals surface area contributed by atoms with Crippen molar-refractivity contribution in [1.82, 2.24) is 0 Å². The van der Waals surface area contributed by atoms with Crippen molar-refractivity contribution in [2.24, 2.45) is 5.92 Å². The first-order valence-corrected chi connectivity index (χ1v) is 7.97. The van der Waals surface area contributed by atoms with E-state index in [0.29, 0.717) is 0 Å². The Hall–Kier alpha value is -1.35. The molecule has 21 heavy (non-hydrogen) atoms. The average molecular weight is 309 g/mol. The number of aliphatic carboxylic acids is 1. The average Bonchev–Trinajstić information content (AvgIpc) is 2.92. The number of alkyl halides is 1. The standard InChI is InChI=1S/C10H10O2.C7H11ClO/c11-10(12)9-6-5-7-3-1-2-4-8(7)9;8-7-4-2-1-3-6(7)5-9/h1-4,9H,5-6H2,(H,11,12);5-7H,1-4H2. The van der Waals surface area contributed by atoms with Crippen LogP contribution in [0.25, 0.3) is 0 Å². The van der Waals surface area contributed by atoms with Gasteiger partial charge in [-0.2, -0.15) is 0 Å². The van der Waals surface area contributed by atoms with Gasteiger partial charge >= 0.3 is 5.97 Å². The SMILES string of the molecule is O=C(O)C1CCc2ccccc21.O=CC1CCCCC1Cl. The van der Waals surface area contributed by atoms with Crippen molar-refractivity contribution in [2.45, 2.75) is 49.8 Å². The number of carboxylic acids is 1. The van der Waals surface area contributed by atoms with Crippen molar-refractivity contribution in [1.29, 1.82) is 0 Å². The molecule has 3 unspecified atom stereocenters. The Bertz CT molecular complexity index is 501. The maximum Gasteiger partial charge on any atom is 0.310 e. The van der Waals surface area contributed by atoms with E-state index in [1.807, 2.05) is 24.3 Å². The second-order valence-corrected chi connectivity index (χ2v) is 6.29. The summed E-state index contributed by atoms with van der Waals surface area (Å²) in [6.07, 6.45) is 7.05. The van der Waals surface area contributed by atoms with Gasteiger partial charge in [0.15, 0.2) is 0 Å². The molecule has 2 aliphatic carbocycles. The second kappa shape index (κ2) is 7.60. The summed E-state index contributed by atoms with van der Waals surface area (Å²) in [5.74, 6) is -0.818. The van der Waals surface area contributed by atoms with Gasteiger partial charge in [-0.1, -0.05) is 37.1 Å². The van der Waals surface area contributed by atoms with Crippen LogP contribution in [0.15, 0.2) is 24.3 Å². The van der Waals surface area contributed by atoms with Crippen LogP contribution in [0.1, 0.15) is 49.1 Å². The Labute approximate surface area is 130 Å². The van der Waals surface area contributed by atoms with Gasteiger partial charge in [0, 0.05) is 11.3 Å². The Morgan fingerprint density at radius 1 is 1.19 bits per heavy atom. The molecule has 0 aliphatic heterocycles. The van der Waals surface area contributed by atoms with Crippen molar-refractivity contribution in [3.8, 4) is 0 Å². The molecule has 0 aromatic heterocycles. The Morgan fingerprint density at radius 3 is 2.52 bits per heavy atom. The van der Waals surface area contributed by atoms with Gasteiger partial charge in [-0.05, 0) is 36.8 Å². The number of benzene rings is 1. The van der Waals surface area contributed by atoms with Crippen LogP contribution in [0, 0.1) is 5.92 Å². The summed E-state index contributed by atoms with van der Waals surface area (Å²) in [6, 6.07) is 7.79. The van der Waals surface area contributed by atoms with Gasteiger partial charge in [0.25, 0.3) is 0 Å². The highest BCUT2D eigenvalue weighted by atomic mass is 35.5. The third-order valence-electron chi connectivity index (χ3n) is 4.34. The molecule has 4 heteroatoms. The van der Waals surface area contributed by atoms with E-state index < -0.39 is 5.97 Å². The lowest BCUT2D eigenvalue weighted by Crippen LogP contribution is -2.20. The fourth-order valence-corrected chi connectivity index (χ4v) is 3.42. The molecule has 0 radical (unpaired) electrons. The minimum Gasteiger partial charge on any atom is -0.481 e. The number of aldehydes is 1.